The maximum atomic E-state index is 14.2. The molecule has 0 fully saturated rings. The lowest BCUT2D eigenvalue weighted by atomic mass is 10.0. The molecule has 0 aliphatic carbocycles. The van der Waals surface area contributed by atoms with E-state index in [1.54, 1.807) is 34.0 Å². The first kappa shape index (κ1) is 109. The summed E-state index contributed by atoms with van der Waals surface area (Å²) in [6.45, 7) is 20.5. The quantitative estimate of drug-likeness (QED) is 0.0158. The molecule has 2 unspecified atom stereocenters. The Kier molecular flexibility index (Phi) is 52.6. The van der Waals surface area contributed by atoms with Crippen LogP contribution in [0.3, 0.4) is 0 Å². The molecular weight excluding hydrogens is 1800 g/mol. The van der Waals surface area contributed by atoms with Crippen LogP contribution in [0.4, 0.5) is 17.1 Å². The van der Waals surface area contributed by atoms with Gasteiger partial charge in [-0.25, -0.2) is 15.0 Å². The third-order valence-electron chi connectivity index (χ3n) is 20.7. The van der Waals surface area contributed by atoms with Gasteiger partial charge in [0.15, 0.2) is 0 Å². The Labute approximate surface area is 809 Å². The Bertz CT molecular complexity index is 4990. The fourth-order valence-electron chi connectivity index (χ4n) is 13.5. The number of benzene rings is 6. The molecule has 0 spiro atoms. The summed E-state index contributed by atoms with van der Waals surface area (Å²) in [5, 5.41) is 35.9. The molecule has 0 bridgehead atoms. The van der Waals surface area contributed by atoms with Crippen LogP contribution in [0.5, 0.6) is 0 Å². The van der Waals surface area contributed by atoms with E-state index in [0.29, 0.717) is 216 Å². The molecule has 0 aliphatic heterocycles. The maximum absolute atomic E-state index is 14.2. The molecule has 0 saturated carbocycles. The fourth-order valence-corrected chi connectivity index (χ4v) is 16.7. The summed E-state index contributed by atoms with van der Waals surface area (Å²) in [6.07, 6.45) is 3.53. The number of anilines is 3. The molecular formula is C99H138N14O20S3. The summed E-state index contributed by atoms with van der Waals surface area (Å²) < 4.78 is 70.9. The molecule has 6 aromatic carbocycles. The van der Waals surface area contributed by atoms with Crippen molar-refractivity contribution in [2.45, 2.75) is 130 Å². The van der Waals surface area contributed by atoms with Crippen molar-refractivity contribution >= 4 is 129 Å². The van der Waals surface area contributed by atoms with E-state index in [0.717, 1.165) is 70.0 Å². The van der Waals surface area contributed by atoms with Crippen molar-refractivity contribution < 1.29 is 95.2 Å². The average Bonchev–Trinajstić information content (AvgIpc) is 1.68. The molecule has 3 aromatic heterocycles. The topological polar surface area (TPSA) is 418 Å². The van der Waals surface area contributed by atoms with Crippen LogP contribution < -0.4 is 58.5 Å². The summed E-state index contributed by atoms with van der Waals surface area (Å²) in [4.78, 5) is 118. The first-order valence-corrected chi connectivity index (χ1v) is 49.6. The monoisotopic (exact) mass is 1940 g/mol. The van der Waals surface area contributed by atoms with Crippen LogP contribution in [0, 0.1) is 20.8 Å². The normalized spacial score (nSPS) is 11.8. The summed E-state index contributed by atoms with van der Waals surface area (Å²) in [7, 11) is 0. The molecule has 37 heteroatoms. The van der Waals surface area contributed by atoms with Gasteiger partial charge in [0.2, 0.25) is 47.3 Å². The van der Waals surface area contributed by atoms with Gasteiger partial charge < -0.3 is 115 Å². The zero-order valence-electron chi connectivity index (χ0n) is 79.2. The summed E-state index contributed by atoms with van der Waals surface area (Å²) in [5.41, 5.74) is 12.5. The van der Waals surface area contributed by atoms with Crippen LogP contribution in [-0.2, 0) is 95.2 Å². The standard InChI is InChI=1S/C99H138N14O20S3/c1-71(2)108-95(120)85(11-7-9-37-104-93(118)34-45-123-51-57-129-63-66-132-60-54-126-48-42-106-90(115)31-39-101-79-23-17-76(18-24-79)98-112-82-28-13-73(4)69-87(82)135-98)110-96(121)84(109-94(119)35-46-124-52-58-130-64-67-133-61-55-127-49-43-107-91(116)32-40-102-80-25-19-77(20-26-80)99-113-83-29-14-74(5)70-88(83)136-99)10-6-8-36-103-92(117)33-44-122-50-56-128-62-65-131-59-53-125-47-41-105-89(114)30-38-100-78-21-15-75(16-22-78)97-111-81-27-12-72(3)68-86(81)134-97/h12-29,68-71,84-85,100-102H,6-11,30-67H2,1-5H3,(H,103,117)(H,104,118)(H,105,114)(H,106,115)(H,107,116)(H,108,120)(H,109,119)(H,110,121). The molecule has 0 aliphatic rings. The number of aryl methyl sites for hydroxylation is 3. The fraction of sp³-hybridized carbons (Fsp3) is 0.525. The molecule has 0 radical (unpaired) electrons. The second-order valence-electron chi connectivity index (χ2n) is 32.4. The van der Waals surface area contributed by atoms with Gasteiger partial charge in [-0.15, -0.1) is 34.0 Å². The Balaban J connectivity index is 0.567. The number of ether oxygens (including phenoxy) is 12. The first-order chi connectivity index (χ1) is 66.4. The van der Waals surface area contributed by atoms with Gasteiger partial charge in [0.25, 0.3) is 0 Å². The number of amides is 8. The van der Waals surface area contributed by atoms with Crippen LogP contribution in [0.1, 0.15) is 108 Å². The summed E-state index contributed by atoms with van der Waals surface area (Å²) in [5.74, 6) is -2.01. The van der Waals surface area contributed by atoms with Crippen molar-refractivity contribution in [1.82, 2.24) is 57.5 Å². The molecule has 0 saturated heterocycles. The van der Waals surface area contributed by atoms with E-state index in [1.807, 2.05) is 105 Å². The van der Waals surface area contributed by atoms with Gasteiger partial charge in [-0.3, -0.25) is 38.4 Å². The number of nitrogens with one attached hydrogen (secondary N) is 11. The van der Waals surface area contributed by atoms with E-state index < -0.39 is 23.9 Å². The Morgan fingerprint density at radius 2 is 0.529 bits per heavy atom. The van der Waals surface area contributed by atoms with E-state index in [-0.39, 0.29) is 113 Å². The highest BCUT2D eigenvalue weighted by molar-refractivity contribution is 7.22. The number of nitrogens with zero attached hydrogens (tertiary/aromatic N) is 3. The number of thiazole rings is 3. The van der Waals surface area contributed by atoms with E-state index in [2.05, 4.69) is 116 Å². The SMILES string of the molecule is Cc1ccc2nc(-c3ccc(NCCC(=O)NCCOCCOCCOCCOCCC(=O)NCCCCC(NC(=O)CCOCCOCCOCCOCCNC(=O)CCNc4ccc(-c5nc6ccc(C)cc6s5)cc4)C(=O)NC(CCCCNC(=O)CCOCCOCCOCCOCCNC(=O)CCNc4ccc(-c5nc6ccc(C)cc6s5)cc4)C(=O)NC(C)C)cc3)sc2c1. The zero-order valence-corrected chi connectivity index (χ0v) is 81.6. The molecule has 11 N–H and O–H groups in total. The average molecular weight is 1940 g/mol. The van der Waals surface area contributed by atoms with E-state index in [4.69, 9.17) is 71.8 Å². The molecule has 8 amide bonds. The highest BCUT2D eigenvalue weighted by atomic mass is 32.1. The number of hydrogen-bond donors (Lipinski definition) is 11. The predicted octanol–water partition coefficient (Wildman–Crippen LogP) is 11.0. The third kappa shape index (κ3) is 45.3. The highest BCUT2D eigenvalue weighted by Gasteiger charge is 2.28. The van der Waals surface area contributed by atoms with Crippen LogP contribution in [0.15, 0.2) is 127 Å². The number of aromatic nitrogens is 3. The highest BCUT2D eigenvalue weighted by Crippen LogP contribution is 2.35. The number of hydrogen-bond acceptors (Lipinski definition) is 29. The lowest BCUT2D eigenvalue weighted by molar-refractivity contribution is -0.132. The van der Waals surface area contributed by atoms with Gasteiger partial charge >= 0.3 is 0 Å². The van der Waals surface area contributed by atoms with Crippen LogP contribution >= 0.6 is 34.0 Å². The van der Waals surface area contributed by atoms with Gasteiger partial charge in [0.1, 0.15) is 27.1 Å². The number of rotatable bonds is 75. The third-order valence-corrected chi connectivity index (χ3v) is 23.9. The van der Waals surface area contributed by atoms with E-state index in [1.165, 1.54) is 26.1 Å². The van der Waals surface area contributed by atoms with Crippen molar-refractivity contribution in [3.05, 3.63) is 144 Å². The van der Waals surface area contributed by atoms with Crippen LogP contribution in [-0.4, -0.2) is 291 Å². The van der Waals surface area contributed by atoms with Crippen molar-refractivity contribution in [2.24, 2.45) is 0 Å². The minimum absolute atomic E-state index is 0.0505. The minimum atomic E-state index is -1.02. The smallest absolute Gasteiger partial charge is 0.243 e. The molecule has 9 rings (SSSR count). The largest absolute Gasteiger partial charge is 0.385 e. The lowest BCUT2D eigenvalue weighted by Gasteiger charge is -2.24. The summed E-state index contributed by atoms with van der Waals surface area (Å²) in [6, 6.07) is 40.8. The number of carbonyl (C=O) groups excluding carboxylic acids is 8. The minimum Gasteiger partial charge on any atom is -0.385 e. The number of carbonyl (C=O) groups is 8. The molecule has 34 nitrogen and oxygen atoms in total. The molecule has 136 heavy (non-hydrogen) atoms. The van der Waals surface area contributed by atoms with E-state index >= 15 is 0 Å². The van der Waals surface area contributed by atoms with Gasteiger partial charge in [-0.1, -0.05) is 18.2 Å². The molecule has 742 valence electrons. The Morgan fingerprint density at radius 1 is 0.272 bits per heavy atom. The van der Waals surface area contributed by atoms with E-state index in [9.17, 15) is 38.4 Å². The first-order valence-electron chi connectivity index (χ1n) is 47.2. The maximum Gasteiger partial charge on any atom is 0.243 e. The summed E-state index contributed by atoms with van der Waals surface area (Å²) >= 11 is 5.02. The van der Waals surface area contributed by atoms with Crippen LogP contribution in [0.2, 0.25) is 0 Å². The predicted molar refractivity (Wildman–Crippen MR) is 532 cm³/mol. The van der Waals surface area contributed by atoms with Crippen molar-refractivity contribution in [2.75, 3.05) is 227 Å². The Morgan fingerprint density at radius 3 is 0.831 bits per heavy atom. The molecule has 9 aromatic rings. The zero-order chi connectivity index (χ0) is 96.2. The number of unbranched alkanes of at least 4 members (excludes halogenated alkanes) is 2. The second-order valence-corrected chi connectivity index (χ2v) is 35.5. The molecule has 3 heterocycles. The Hall–Kier alpha value is -10.3. The van der Waals surface area contributed by atoms with Gasteiger partial charge in [-0.05, 0) is 199 Å². The van der Waals surface area contributed by atoms with Gasteiger partial charge in [0, 0.05) is 131 Å². The van der Waals surface area contributed by atoms with Crippen molar-refractivity contribution in [3.8, 4) is 31.7 Å². The van der Waals surface area contributed by atoms with Gasteiger partial charge in [0.05, 0.1) is 189 Å². The number of fused-ring (bicyclic) bond motifs is 3. The molecule has 2 atom stereocenters. The lowest BCUT2D eigenvalue weighted by Crippen LogP contribution is -2.54. The van der Waals surface area contributed by atoms with Crippen LogP contribution in [0.25, 0.3) is 62.4 Å². The van der Waals surface area contributed by atoms with Crippen molar-refractivity contribution in [1.29, 1.82) is 0 Å². The second kappa shape index (κ2) is 65.5. The van der Waals surface area contributed by atoms with Gasteiger partial charge in [-0.2, -0.15) is 0 Å². The van der Waals surface area contributed by atoms with Crippen molar-refractivity contribution in [3.63, 3.8) is 0 Å².